The molecule has 102 valence electrons. The molecule has 2 N–H and O–H groups in total. The number of nitrogens with one attached hydrogen (secondary N) is 1. The summed E-state index contributed by atoms with van der Waals surface area (Å²) in [7, 11) is 0. The number of aliphatic carboxylic acids is 1. The number of carboxylic acids is 1. The zero-order valence-electron chi connectivity index (χ0n) is 10.2. The molecule has 6 nitrogen and oxygen atoms in total. The third kappa shape index (κ3) is 3.58. The molecule has 2 rings (SSSR count). The number of carboxylic acid groups (broad SMARTS) is 1. The second-order valence-electron chi connectivity index (χ2n) is 3.91. The summed E-state index contributed by atoms with van der Waals surface area (Å²) in [5.74, 6) is -2.30. The van der Waals surface area contributed by atoms with Gasteiger partial charge < -0.3 is 10.4 Å². The predicted octanol–water partition coefficient (Wildman–Crippen LogP) is 1.50. The van der Waals surface area contributed by atoms with Gasteiger partial charge in [-0.1, -0.05) is 6.07 Å². The lowest BCUT2D eigenvalue weighted by atomic mass is 10.2. The van der Waals surface area contributed by atoms with Crippen molar-refractivity contribution in [3.63, 3.8) is 0 Å². The van der Waals surface area contributed by atoms with Gasteiger partial charge in [0.25, 0.3) is 5.91 Å². The fourth-order valence-electron chi connectivity index (χ4n) is 1.49. The number of carbonyl (C=O) groups excluding carboxylic acids is 1. The van der Waals surface area contributed by atoms with Gasteiger partial charge in [0.15, 0.2) is 0 Å². The Labute approximate surface area is 113 Å². The van der Waals surface area contributed by atoms with Crippen molar-refractivity contribution >= 4 is 17.6 Å². The van der Waals surface area contributed by atoms with E-state index in [-0.39, 0.29) is 12.1 Å². The van der Waals surface area contributed by atoms with Crippen molar-refractivity contribution in [1.82, 2.24) is 9.97 Å². The first kappa shape index (κ1) is 13.6. The van der Waals surface area contributed by atoms with Crippen LogP contribution in [0, 0.1) is 5.95 Å². The van der Waals surface area contributed by atoms with Crippen molar-refractivity contribution in [2.75, 3.05) is 5.32 Å². The van der Waals surface area contributed by atoms with Crippen LogP contribution in [-0.2, 0) is 11.2 Å². The van der Waals surface area contributed by atoms with Gasteiger partial charge >= 0.3 is 5.97 Å². The molecule has 0 aliphatic rings. The number of hydrogen-bond donors (Lipinski definition) is 2. The van der Waals surface area contributed by atoms with E-state index in [2.05, 4.69) is 15.3 Å². The first-order valence-electron chi connectivity index (χ1n) is 5.65. The Kier molecular flexibility index (Phi) is 3.99. The van der Waals surface area contributed by atoms with Crippen LogP contribution in [-0.4, -0.2) is 27.0 Å². The van der Waals surface area contributed by atoms with Crippen LogP contribution in [0.2, 0.25) is 0 Å². The highest BCUT2D eigenvalue weighted by molar-refractivity contribution is 6.02. The van der Waals surface area contributed by atoms with E-state index < -0.39 is 17.8 Å². The Hall–Kier alpha value is -2.83. The van der Waals surface area contributed by atoms with Crippen LogP contribution in [0.5, 0.6) is 0 Å². The normalized spacial score (nSPS) is 10.1. The van der Waals surface area contributed by atoms with E-state index in [1.807, 2.05) is 0 Å². The molecule has 2 aromatic heterocycles. The quantitative estimate of drug-likeness (QED) is 0.825. The molecule has 20 heavy (non-hydrogen) atoms. The van der Waals surface area contributed by atoms with Crippen molar-refractivity contribution in [2.45, 2.75) is 6.42 Å². The van der Waals surface area contributed by atoms with Gasteiger partial charge in [-0.3, -0.25) is 14.6 Å². The standard InChI is InChI=1S/C13H10FN3O3/c14-11-3-1-2-10(17-11)13(20)16-9-5-4-8(15-7-9)6-12(18)19/h1-5,7H,6H2,(H,16,20)(H,18,19). The van der Waals surface area contributed by atoms with E-state index in [1.165, 1.54) is 30.5 Å². The minimum atomic E-state index is -0.988. The van der Waals surface area contributed by atoms with Gasteiger partial charge in [-0.05, 0) is 24.3 Å². The number of amides is 1. The molecule has 0 unspecified atom stereocenters. The highest BCUT2D eigenvalue weighted by Crippen LogP contribution is 2.09. The summed E-state index contributed by atoms with van der Waals surface area (Å²) >= 11 is 0. The molecule has 0 fully saturated rings. The topological polar surface area (TPSA) is 92.2 Å². The van der Waals surface area contributed by atoms with Gasteiger partial charge in [-0.2, -0.15) is 4.39 Å². The summed E-state index contributed by atoms with van der Waals surface area (Å²) < 4.78 is 12.9. The fourth-order valence-corrected chi connectivity index (χ4v) is 1.49. The molecule has 0 aliphatic carbocycles. The summed E-state index contributed by atoms with van der Waals surface area (Å²) in [5, 5.41) is 11.1. The predicted molar refractivity (Wildman–Crippen MR) is 67.7 cm³/mol. The molecule has 0 aliphatic heterocycles. The summed E-state index contributed by atoms with van der Waals surface area (Å²) in [6.45, 7) is 0. The number of aromatic nitrogens is 2. The van der Waals surface area contributed by atoms with Crippen LogP contribution in [0.25, 0.3) is 0 Å². The van der Waals surface area contributed by atoms with Crippen LogP contribution < -0.4 is 5.32 Å². The molecule has 0 bridgehead atoms. The highest BCUT2D eigenvalue weighted by atomic mass is 19.1. The van der Waals surface area contributed by atoms with E-state index in [1.54, 1.807) is 0 Å². The second-order valence-corrected chi connectivity index (χ2v) is 3.91. The maximum absolute atomic E-state index is 12.9. The Bertz CT molecular complexity index is 644. The molecule has 7 heteroatoms. The molecule has 0 saturated heterocycles. The number of halogens is 1. The first-order chi connectivity index (χ1) is 9.54. The summed E-state index contributed by atoms with van der Waals surface area (Å²) in [6.07, 6.45) is 1.13. The van der Waals surface area contributed by atoms with E-state index in [4.69, 9.17) is 5.11 Å². The smallest absolute Gasteiger partial charge is 0.309 e. The van der Waals surface area contributed by atoms with Gasteiger partial charge in [0.2, 0.25) is 5.95 Å². The molecule has 0 saturated carbocycles. The Balaban J connectivity index is 2.06. The Morgan fingerprint density at radius 1 is 1.25 bits per heavy atom. The van der Waals surface area contributed by atoms with E-state index in [0.717, 1.165) is 6.07 Å². The monoisotopic (exact) mass is 275 g/mol. The van der Waals surface area contributed by atoms with Crippen LogP contribution in [0.15, 0.2) is 36.5 Å². The van der Waals surface area contributed by atoms with Crippen molar-refractivity contribution in [3.8, 4) is 0 Å². The van der Waals surface area contributed by atoms with Crippen molar-refractivity contribution in [1.29, 1.82) is 0 Å². The molecule has 2 heterocycles. The van der Waals surface area contributed by atoms with Crippen molar-refractivity contribution in [3.05, 3.63) is 53.9 Å². The lowest BCUT2D eigenvalue weighted by Gasteiger charge is -2.05. The Morgan fingerprint density at radius 2 is 2.05 bits per heavy atom. The summed E-state index contributed by atoms with van der Waals surface area (Å²) in [4.78, 5) is 29.6. The van der Waals surface area contributed by atoms with Gasteiger partial charge in [-0.15, -0.1) is 0 Å². The average Bonchev–Trinajstić information content (AvgIpc) is 2.40. The molecule has 1 amide bonds. The van der Waals surface area contributed by atoms with E-state index in [0.29, 0.717) is 11.4 Å². The molecule has 0 spiro atoms. The SMILES string of the molecule is O=C(O)Cc1ccc(NC(=O)c2cccc(F)n2)cn1. The minimum absolute atomic E-state index is 0.0559. The van der Waals surface area contributed by atoms with Gasteiger partial charge in [-0.25, -0.2) is 4.98 Å². The number of pyridine rings is 2. The lowest BCUT2D eigenvalue weighted by molar-refractivity contribution is -0.136. The third-order valence-electron chi connectivity index (χ3n) is 2.36. The van der Waals surface area contributed by atoms with Crippen molar-refractivity contribution in [2.24, 2.45) is 0 Å². The molecule has 0 radical (unpaired) electrons. The fraction of sp³-hybridized carbons (Fsp3) is 0.0769. The molecule has 0 atom stereocenters. The van der Waals surface area contributed by atoms with Crippen LogP contribution >= 0.6 is 0 Å². The molecular formula is C13H10FN3O3. The molecule has 0 aromatic carbocycles. The van der Waals surface area contributed by atoms with Crippen LogP contribution in [0.3, 0.4) is 0 Å². The van der Waals surface area contributed by atoms with Crippen molar-refractivity contribution < 1.29 is 19.1 Å². The number of rotatable bonds is 4. The van der Waals surface area contributed by atoms with Crippen LogP contribution in [0.1, 0.15) is 16.2 Å². The number of hydrogen-bond acceptors (Lipinski definition) is 4. The average molecular weight is 275 g/mol. The lowest BCUT2D eigenvalue weighted by Crippen LogP contribution is -2.14. The molecular weight excluding hydrogens is 265 g/mol. The third-order valence-corrected chi connectivity index (χ3v) is 2.36. The zero-order valence-corrected chi connectivity index (χ0v) is 10.2. The highest BCUT2D eigenvalue weighted by Gasteiger charge is 2.09. The van der Waals surface area contributed by atoms with E-state index >= 15 is 0 Å². The number of carbonyl (C=O) groups is 2. The van der Waals surface area contributed by atoms with Gasteiger partial charge in [0, 0.05) is 0 Å². The first-order valence-corrected chi connectivity index (χ1v) is 5.65. The van der Waals surface area contributed by atoms with Crippen LogP contribution in [0.4, 0.5) is 10.1 Å². The summed E-state index contributed by atoms with van der Waals surface area (Å²) in [5.41, 5.74) is 0.689. The maximum Gasteiger partial charge on any atom is 0.309 e. The van der Waals surface area contributed by atoms with Gasteiger partial charge in [0.05, 0.1) is 24.0 Å². The second kappa shape index (κ2) is 5.87. The van der Waals surface area contributed by atoms with Gasteiger partial charge in [0.1, 0.15) is 5.69 Å². The molecule has 2 aromatic rings. The van der Waals surface area contributed by atoms with E-state index in [9.17, 15) is 14.0 Å². The summed E-state index contributed by atoms with van der Waals surface area (Å²) in [6, 6.07) is 6.90. The number of nitrogens with zero attached hydrogens (tertiary/aromatic N) is 2. The maximum atomic E-state index is 12.9. The zero-order chi connectivity index (χ0) is 14.5. The Morgan fingerprint density at radius 3 is 2.65 bits per heavy atom. The minimum Gasteiger partial charge on any atom is -0.481 e. The largest absolute Gasteiger partial charge is 0.481 e. The number of anilines is 1.